The Balaban J connectivity index is 1.92. The fourth-order valence-electron chi connectivity index (χ4n) is 4.22. The van der Waals surface area contributed by atoms with Gasteiger partial charge in [0.2, 0.25) is 0 Å². The minimum atomic E-state index is -0.417. The first-order chi connectivity index (χ1) is 15.9. The van der Waals surface area contributed by atoms with Crippen molar-refractivity contribution in [2.45, 2.75) is 33.2 Å². The molecule has 0 amide bonds. The van der Waals surface area contributed by atoms with Crippen LogP contribution in [0.1, 0.15) is 42.5 Å². The zero-order valence-corrected chi connectivity index (χ0v) is 18.9. The number of benzene rings is 2. The highest BCUT2D eigenvalue weighted by Crippen LogP contribution is 2.29. The van der Waals surface area contributed by atoms with Crippen molar-refractivity contribution in [3.05, 3.63) is 70.3 Å². The first-order valence-corrected chi connectivity index (χ1v) is 10.8. The van der Waals surface area contributed by atoms with Crippen LogP contribution in [0.25, 0.3) is 38.9 Å². The molecule has 0 bridgehead atoms. The molecule has 2 aromatic carbocycles. The molecule has 166 valence electrons. The van der Waals surface area contributed by atoms with Gasteiger partial charge < -0.3 is 4.74 Å². The molecule has 0 saturated carbocycles. The minimum Gasteiger partial charge on any atom is -0.465 e. The lowest BCUT2D eigenvalue weighted by Crippen LogP contribution is -2.26. The molecule has 0 unspecified atom stereocenters. The van der Waals surface area contributed by atoms with Crippen molar-refractivity contribution in [2.75, 3.05) is 7.11 Å². The Kier molecular flexibility index (Phi) is 4.92. The number of hydrogen-bond donors (Lipinski definition) is 0. The number of aromatic nitrogens is 5. The standard InChI is InChI=1S/C25H23N5O3/c1-5-14(2)29-15(3)26-22-20(24(29)31)21-23(28-19-9-7-6-8-18(19)27-21)30(22)17-12-10-16(11-13-17)25(32)33-4/h6-14H,5H2,1-4H3/t14-/m0/s1. The third-order valence-electron chi connectivity index (χ3n) is 6.06. The highest BCUT2D eigenvalue weighted by molar-refractivity contribution is 6.06. The average molecular weight is 441 g/mol. The van der Waals surface area contributed by atoms with E-state index in [4.69, 9.17) is 19.7 Å². The van der Waals surface area contributed by atoms with Crippen molar-refractivity contribution in [1.82, 2.24) is 24.1 Å². The Hall–Kier alpha value is -4.07. The first kappa shape index (κ1) is 20.8. The summed E-state index contributed by atoms with van der Waals surface area (Å²) in [6.45, 7) is 5.89. The summed E-state index contributed by atoms with van der Waals surface area (Å²) < 4.78 is 8.37. The van der Waals surface area contributed by atoms with Crippen LogP contribution in [-0.2, 0) is 4.74 Å². The largest absolute Gasteiger partial charge is 0.465 e. The predicted molar refractivity (Wildman–Crippen MR) is 127 cm³/mol. The van der Waals surface area contributed by atoms with Gasteiger partial charge in [-0.2, -0.15) is 0 Å². The number of esters is 1. The molecule has 0 aliphatic heterocycles. The topological polar surface area (TPSA) is 91.9 Å². The van der Waals surface area contributed by atoms with Crippen LogP contribution in [-0.4, -0.2) is 37.2 Å². The number of ether oxygens (including phenoxy) is 1. The van der Waals surface area contributed by atoms with Crippen LogP contribution >= 0.6 is 0 Å². The lowest BCUT2D eigenvalue weighted by molar-refractivity contribution is 0.0600. The number of aryl methyl sites for hydroxylation is 1. The van der Waals surface area contributed by atoms with Crippen LogP contribution in [0.5, 0.6) is 0 Å². The van der Waals surface area contributed by atoms with Gasteiger partial charge in [-0.1, -0.05) is 19.1 Å². The molecule has 5 aromatic rings. The van der Waals surface area contributed by atoms with Gasteiger partial charge in [0.05, 0.1) is 23.7 Å². The number of fused-ring (bicyclic) bond motifs is 4. The van der Waals surface area contributed by atoms with Crippen LogP contribution in [0.2, 0.25) is 0 Å². The minimum absolute atomic E-state index is 0.000514. The highest BCUT2D eigenvalue weighted by atomic mass is 16.5. The molecule has 0 fully saturated rings. The molecular weight excluding hydrogens is 418 g/mol. The van der Waals surface area contributed by atoms with Crippen molar-refractivity contribution >= 4 is 39.2 Å². The van der Waals surface area contributed by atoms with Crippen LogP contribution in [0.3, 0.4) is 0 Å². The lowest BCUT2D eigenvalue weighted by Gasteiger charge is -2.16. The number of hydrogen-bond acceptors (Lipinski definition) is 6. The van der Waals surface area contributed by atoms with Gasteiger partial charge in [0.15, 0.2) is 11.3 Å². The van der Waals surface area contributed by atoms with E-state index in [1.165, 1.54) is 7.11 Å². The molecule has 0 spiro atoms. The SMILES string of the molecule is CC[C@H](C)n1c(C)nc2c(c1=O)c1nc3ccccc3nc1n2-c1ccc(C(=O)OC)cc1. The molecule has 0 radical (unpaired) electrons. The first-order valence-electron chi connectivity index (χ1n) is 10.8. The van der Waals surface area contributed by atoms with E-state index < -0.39 is 5.97 Å². The van der Waals surface area contributed by atoms with E-state index in [1.807, 2.05) is 49.6 Å². The van der Waals surface area contributed by atoms with Gasteiger partial charge in [0.25, 0.3) is 5.56 Å². The van der Waals surface area contributed by atoms with E-state index in [0.717, 1.165) is 17.6 Å². The molecule has 3 aromatic heterocycles. The molecule has 0 aliphatic carbocycles. The van der Waals surface area contributed by atoms with Crippen LogP contribution in [0.4, 0.5) is 0 Å². The molecule has 0 aliphatic rings. The molecule has 33 heavy (non-hydrogen) atoms. The maximum Gasteiger partial charge on any atom is 0.337 e. The summed E-state index contributed by atoms with van der Waals surface area (Å²) in [7, 11) is 1.35. The summed E-state index contributed by atoms with van der Waals surface area (Å²) in [5.74, 6) is 0.210. The number of carbonyl (C=O) groups excluding carboxylic acids is 1. The number of carbonyl (C=O) groups is 1. The molecule has 0 N–H and O–H groups in total. The Morgan fingerprint density at radius 3 is 2.30 bits per heavy atom. The fourth-order valence-corrected chi connectivity index (χ4v) is 4.22. The Bertz CT molecular complexity index is 1600. The third-order valence-corrected chi connectivity index (χ3v) is 6.06. The summed E-state index contributed by atoms with van der Waals surface area (Å²) in [6, 6.07) is 14.5. The molecule has 3 heterocycles. The zero-order valence-electron chi connectivity index (χ0n) is 18.9. The van der Waals surface area contributed by atoms with E-state index in [9.17, 15) is 9.59 Å². The summed E-state index contributed by atoms with van der Waals surface area (Å²) in [6.07, 6.45) is 0.802. The molecular formula is C25H23N5O3. The predicted octanol–water partition coefficient (Wildman–Crippen LogP) is 4.35. The second kappa shape index (κ2) is 7.81. The third kappa shape index (κ3) is 3.17. The van der Waals surface area contributed by atoms with Gasteiger partial charge in [0.1, 0.15) is 16.7 Å². The Morgan fingerprint density at radius 1 is 1.00 bits per heavy atom. The highest BCUT2D eigenvalue weighted by Gasteiger charge is 2.23. The van der Waals surface area contributed by atoms with Gasteiger partial charge in [-0.3, -0.25) is 13.9 Å². The summed E-state index contributed by atoms with van der Waals surface area (Å²) >= 11 is 0. The molecule has 8 heteroatoms. The van der Waals surface area contributed by atoms with E-state index in [0.29, 0.717) is 39.1 Å². The maximum absolute atomic E-state index is 13.7. The van der Waals surface area contributed by atoms with Crippen molar-refractivity contribution < 1.29 is 9.53 Å². The van der Waals surface area contributed by atoms with E-state index in [-0.39, 0.29) is 11.6 Å². The van der Waals surface area contributed by atoms with Crippen molar-refractivity contribution in [1.29, 1.82) is 0 Å². The number of para-hydroxylation sites is 2. The summed E-state index contributed by atoms with van der Waals surface area (Å²) in [5, 5.41) is 0.436. The summed E-state index contributed by atoms with van der Waals surface area (Å²) in [4.78, 5) is 40.1. The second-order valence-corrected chi connectivity index (χ2v) is 8.05. The van der Waals surface area contributed by atoms with Gasteiger partial charge >= 0.3 is 5.97 Å². The maximum atomic E-state index is 13.7. The van der Waals surface area contributed by atoms with Crippen molar-refractivity contribution in [2.24, 2.45) is 0 Å². The van der Waals surface area contributed by atoms with Crippen LogP contribution in [0, 0.1) is 6.92 Å². The number of rotatable bonds is 4. The lowest BCUT2D eigenvalue weighted by atomic mass is 10.2. The average Bonchev–Trinajstić information content (AvgIpc) is 3.14. The van der Waals surface area contributed by atoms with Crippen molar-refractivity contribution in [3.63, 3.8) is 0 Å². The van der Waals surface area contributed by atoms with E-state index in [2.05, 4.69) is 0 Å². The zero-order chi connectivity index (χ0) is 23.3. The molecule has 1 atom stereocenters. The molecule has 0 saturated heterocycles. The van der Waals surface area contributed by atoms with E-state index >= 15 is 0 Å². The number of nitrogens with zero attached hydrogens (tertiary/aromatic N) is 5. The van der Waals surface area contributed by atoms with Gasteiger partial charge in [-0.15, -0.1) is 0 Å². The smallest absolute Gasteiger partial charge is 0.337 e. The van der Waals surface area contributed by atoms with Gasteiger partial charge in [-0.25, -0.2) is 19.7 Å². The second-order valence-electron chi connectivity index (χ2n) is 8.05. The molecule has 8 nitrogen and oxygen atoms in total. The summed E-state index contributed by atoms with van der Waals surface area (Å²) in [5.41, 5.74) is 4.00. The fraction of sp³-hybridized carbons (Fsp3) is 0.240. The van der Waals surface area contributed by atoms with Crippen molar-refractivity contribution in [3.8, 4) is 5.69 Å². The Labute approximate surface area is 189 Å². The van der Waals surface area contributed by atoms with Gasteiger partial charge in [0, 0.05) is 11.7 Å². The van der Waals surface area contributed by atoms with Crippen LogP contribution in [0.15, 0.2) is 53.3 Å². The van der Waals surface area contributed by atoms with Gasteiger partial charge in [-0.05, 0) is 56.7 Å². The normalized spacial score (nSPS) is 12.5. The quantitative estimate of drug-likeness (QED) is 0.385. The Morgan fingerprint density at radius 2 is 1.67 bits per heavy atom. The van der Waals surface area contributed by atoms with Crippen LogP contribution < -0.4 is 5.56 Å². The monoisotopic (exact) mass is 441 g/mol. The molecule has 5 rings (SSSR count). The number of methoxy groups -OCH3 is 1. The van der Waals surface area contributed by atoms with E-state index in [1.54, 1.807) is 28.8 Å².